The fraction of sp³-hybridized carbons (Fsp3) is 0.125. The molecule has 0 spiro atoms. The highest BCUT2D eigenvalue weighted by molar-refractivity contribution is 7.97. The summed E-state index contributed by atoms with van der Waals surface area (Å²) in [5.74, 6) is -0.0309. The molecule has 2 amide bonds. The zero-order valence-electron chi connectivity index (χ0n) is 11.8. The van der Waals surface area contributed by atoms with Gasteiger partial charge in [-0.1, -0.05) is 60.7 Å². The van der Waals surface area contributed by atoms with Crippen molar-refractivity contribution >= 4 is 35.7 Å². The Morgan fingerprint density at radius 1 is 0.682 bits per heavy atom. The quantitative estimate of drug-likeness (QED) is 0.631. The van der Waals surface area contributed by atoms with Crippen LogP contribution in [-0.4, -0.2) is 11.8 Å². The lowest BCUT2D eigenvalue weighted by atomic mass is 10.2. The highest BCUT2D eigenvalue weighted by atomic mass is 32.2. The Kier molecular flexibility index (Phi) is 6.86. The summed E-state index contributed by atoms with van der Waals surface area (Å²) < 4.78 is 5.06. The van der Waals surface area contributed by atoms with Crippen molar-refractivity contribution in [2.24, 2.45) is 0 Å². The lowest BCUT2D eigenvalue weighted by Crippen LogP contribution is -2.33. The van der Waals surface area contributed by atoms with Crippen molar-refractivity contribution in [1.29, 1.82) is 0 Å². The Hall–Kier alpha value is -1.92. The third-order valence-electron chi connectivity index (χ3n) is 2.70. The van der Waals surface area contributed by atoms with E-state index in [1.54, 1.807) is 0 Å². The van der Waals surface area contributed by atoms with E-state index in [1.165, 1.54) is 23.9 Å². The van der Waals surface area contributed by atoms with Gasteiger partial charge in [-0.25, -0.2) is 0 Å². The first-order chi connectivity index (χ1) is 10.8. The SMILES string of the molecule is O=C(NSCc1ccccc1)C(=O)NSCc1ccccc1. The molecule has 114 valence electrons. The predicted molar refractivity (Wildman–Crippen MR) is 91.8 cm³/mol. The number of carbonyl (C=O) groups is 2. The van der Waals surface area contributed by atoms with Crippen LogP contribution in [0.4, 0.5) is 0 Å². The molecule has 0 aliphatic rings. The summed E-state index contributed by atoms with van der Waals surface area (Å²) in [6.07, 6.45) is 0. The van der Waals surface area contributed by atoms with Crippen LogP contribution in [0.5, 0.6) is 0 Å². The van der Waals surface area contributed by atoms with E-state index in [-0.39, 0.29) is 0 Å². The largest absolute Gasteiger partial charge is 0.320 e. The van der Waals surface area contributed by atoms with Crippen LogP contribution in [0.25, 0.3) is 0 Å². The molecule has 22 heavy (non-hydrogen) atoms. The van der Waals surface area contributed by atoms with Gasteiger partial charge in [0.25, 0.3) is 0 Å². The number of hydrogen-bond acceptors (Lipinski definition) is 4. The minimum absolute atomic E-state index is 0.622. The topological polar surface area (TPSA) is 58.2 Å². The van der Waals surface area contributed by atoms with Crippen LogP contribution < -0.4 is 9.44 Å². The number of carbonyl (C=O) groups excluding carboxylic acids is 2. The minimum atomic E-state index is -0.638. The van der Waals surface area contributed by atoms with E-state index in [4.69, 9.17) is 0 Å². The van der Waals surface area contributed by atoms with E-state index in [0.717, 1.165) is 11.1 Å². The third-order valence-corrected chi connectivity index (χ3v) is 4.31. The molecule has 6 heteroatoms. The average molecular weight is 332 g/mol. The molecule has 0 aromatic heterocycles. The predicted octanol–water partition coefficient (Wildman–Crippen LogP) is 2.92. The van der Waals surface area contributed by atoms with Gasteiger partial charge >= 0.3 is 11.8 Å². The van der Waals surface area contributed by atoms with Gasteiger partial charge in [0.15, 0.2) is 0 Å². The summed E-state index contributed by atoms with van der Waals surface area (Å²) in [6, 6.07) is 19.5. The van der Waals surface area contributed by atoms with Crippen LogP contribution in [0.3, 0.4) is 0 Å². The third kappa shape index (κ3) is 5.83. The van der Waals surface area contributed by atoms with E-state index in [9.17, 15) is 9.59 Å². The first-order valence-corrected chi connectivity index (χ1v) is 8.64. The monoisotopic (exact) mass is 332 g/mol. The van der Waals surface area contributed by atoms with E-state index < -0.39 is 11.8 Å². The molecule has 0 bridgehead atoms. The van der Waals surface area contributed by atoms with Crippen LogP contribution >= 0.6 is 23.9 Å². The van der Waals surface area contributed by atoms with Crippen LogP contribution in [-0.2, 0) is 21.1 Å². The minimum Gasteiger partial charge on any atom is -0.291 e. The molecule has 0 aliphatic carbocycles. The maximum Gasteiger partial charge on any atom is 0.320 e. The first-order valence-electron chi connectivity index (χ1n) is 6.67. The molecule has 2 N–H and O–H groups in total. The van der Waals surface area contributed by atoms with Gasteiger partial charge in [0.05, 0.1) is 0 Å². The zero-order chi connectivity index (χ0) is 15.6. The molecule has 2 rings (SSSR count). The second-order valence-electron chi connectivity index (χ2n) is 4.41. The van der Waals surface area contributed by atoms with Crippen molar-refractivity contribution in [3.63, 3.8) is 0 Å². The number of rotatable bonds is 6. The molecule has 2 aromatic carbocycles. The van der Waals surface area contributed by atoms with Crippen molar-refractivity contribution in [1.82, 2.24) is 9.44 Å². The second kappa shape index (κ2) is 9.17. The van der Waals surface area contributed by atoms with Gasteiger partial charge in [0, 0.05) is 11.5 Å². The maximum atomic E-state index is 11.6. The summed E-state index contributed by atoms with van der Waals surface area (Å²) in [5.41, 5.74) is 2.18. The van der Waals surface area contributed by atoms with Crippen LogP contribution in [0.1, 0.15) is 11.1 Å². The van der Waals surface area contributed by atoms with Crippen LogP contribution in [0.15, 0.2) is 60.7 Å². The number of benzene rings is 2. The van der Waals surface area contributed by atoms with Crippen molar-refractivity contribution in [3.05, 3.63) is 71.8 Å². The Labute approximate surface area is 138 Å². The molecule has 0 unspecified atom stereocenters. The maximum absolute atomic E-state index is 11.6. The smallest absolute Gasteiger partial charge is 0.291 e. The summed E-state index contributed by atoms with van der Waals surface area (Å²) >= 11 is 2.41. The number of amides is 2. The van der Waals surface area contributed by atoms with Crippen molar-refractivity contribution in [2.45, 2.75) is 11.5 Å². The second-order valence-corrected chi connectivity index (χ2v) is 5.97. The lowest BCUT2D eigenvalue weighted by Gasteiger charge is -2.05. The normalized spacial score (nSPS) is 10.0. The molecule has 0 fully saturated rings. The van der Waals surface area contributed by atoms with Gasteiger partial charge in [-0.3, -0.25) is 19.0 Å². The highest BCUT2D eigenvalue weighted by Crippen LogP contribution is 2.09. The number of hydrogen-bond donors (Lipinski definition) is 2. The molecule has 0 atom stereocenters. The molecule has 0 aliphatic heterocycles. The molecule has 0 saturated heterocycles. The fourth-order valence-corrected chi connectivity index (χ4v) is 2.92. The fourth-order valence-electron chi connectivity index (χ4n) is 1.61. The summed E-state index contributed by atoms with van der Waals surface area (Å²) in [7, 11) is 0. The van der Waals surface area contributed by atoms with Crippen LogP contribution in [0.2, 0.25) is 0 Å². The summed E-state index contributed by atoms with van der Waals surface area (Å²) in [4.78, 5) is 23.2. The Morgan fingerprint density at radius 2 is 1.05 bits per heavy atom. The first kappa shape index (κ1) is 16.5. The van der Waals surface area contributed by atoms with Crippen LogP contribution in [0, 0.1) is 0 Å². The Morgan fingerprint density at radius 3 is 1.41 bits per heavy atom. The molecule has 0 saturated carbocycles. The molecule has 0 radical (unpaired) electrons. The highest BCUT2D eigenvalue weighted by Gasteiger charge is 2.12. The molecule has 4 nitrogen and oxygen atoms in total. The number of nitrogens with one attached hydrogen (secondary N) is 2. The Bertz CT molecular complexity index is 551. The van der Waals surface area contributed by atoms with Gasteiger partial charge in [-0.05, 0) is 35.0 Å². The van der Waals surface area contributed by atoms with Crippen molar-refractivity contribution < 1.29 is 9.59 Å². The molecular formula is C16H16N2O2S2. The summed E-state index contributed by atoms with van der Waals surface area (Å²) in [5, 5.41) is 0. The van der Waals surface area contributed by atoms with E-state index in [1.807, 2.05) is 60.7 Å². The lowest BCUT2D eigenvalue weighted by molar-refractivity contribution is -0.136. The summed E-state index contributed by atoms with van der Waals surface area (Å²) in [6.45, 7) is 0. The van der Waals surface area contributed by atoms with E-state index >= 15 is 0 Å². The van der Waals surface area contributed by atoms with Crippen molar-refractivity contribution in [3.8, 4) is 0 Å². The van der Waals surface area contributed by atoms with Gasteiger partial charge in [0.2, 0.25) is 0 Å². The zero-order valence-corrected chi connectivity index (χ0v) is 13.5. The molecule has 2 aromatic rings. The Balaban J connectivity index is 1.63. The van der Waals surface area contributed by atoms with Gasteiger partial charge in [0.1, 0.15) is 0 Å². The van der Waals surface area contributed by atoms with Crippen molar-refractivity contribution in [2.75, 3.05) is 0 Å². The molecular weight excluding hydrogens is 316 g/mol. The van der Waals surface area contributed by atoms with Gasteiger partial charge in [-0.2, -0.15) is 0 Å². The van der Waals surface area contributed by atoms with Gasteiger partial charge in [-0.15, -0.1) is 0 Å². The standard InChI is InChI=1S/C16H16N2O2S2/c19-15(17-21-11-13-7-3-1-4-8-13)16(20)18-22-12-14-9-5-2-6-10-14/h1-10H,11-12H2,(H,17,19)(H,18,20). The van der Waals surface area contributed by atoms with E-state index in [0.29, 0.717) is 11.5 Å². The average Bonchev–Trinajstić information content (AvgIpc) is 2.56. The molecule has 0 heterocycles. The van der Waals surface area contributed by atoms with E-state index in [2.05, 4.69) is 9.44 Å². The van der Waals surface area contributed by atoms with Gasteiger partial charge < -0.3 is 0 Å².